The number of amides is 1. The van der Waals surface area contributed by atoms with Crippen LogP contribution in [-0.4, -0.2) is 37.0 Å². The first-order chi connectivity index (χ1) is 10.3. The molecule has 1 amide bonds. The lowest BCUT2D eigenvalue weighted by atomic mass is 9.99. The highest BCUT2D eigenvalue weighted by atomic mass is 35.5. The van der Waals surface area contributed by atoms with Gasteiger partial charge in [0.1, 0.15) is 0 Å². The first kappa shape index (κ1) is 17.3. The van der Waals surface area contributed by atoms with Gasteiger partial charge in [-0.1, -0.05) is 30.3 Å². The summed E-state index contributed by atoms with van der Waals surface area (Å²) in [4.78, 5) is 14.4. The number of hydrogen-bond donors (Lipinski definition) is 1. The Morgan fingerprint density at radius 2 is 2.00 bits per heavy atom. The van der Waals surface area contributed by atoms with Crippen LogP contribution < -0.4 is 5.32 Å². The van der Waals surface area contributed by atoms with E-state index in [2.05, 4.69) is 40.5 Å². The second kappa shape index (κ2) is 8.54. The van der Waals surface area contributed by atoms with Gasteiger partial charge in [0.2, 0.25) is 5.91 Å². The van der Waals surface area contributed by atoms with Crippen LogP contribution in [0.4, 0.5) is 0 Å². The molecule has 3 nitrogen and oxygen atoms in total. The summed E-state index contributed by atoms with van der Waals surface area (Å²) < 4.78 is 0. The summed E-state index contributed by atoms with van der Waals surface area (Å²) >= 11 is 0. The molecule has 2 aliphatic heterocycles. The number of carbonyl (C=O) groups is 1. The third-order valence-corrected chi connectivity index (χ3v) is 4.93. The summed E-state index contributed by atoms with van der Waals surface area (Å²) in [6.45, 7) is 4.14. The van der Waals surface area contributed by atoms with E-state index in [0.29, 0.717) is 11.8 Å². The third-order valence-electron chi connectivity index (χ3n) is 4.93. The van der Waals surface area contributed by atoms with E-state index in [1.165, 1.54) is 12.0 Å². The number of nitrogens with one attached hydrogen (secondary N) is 1. The molecule has 1 aromatic rings. The molecule has 2 aliphatic rings. The molecule has 2 atom stereocenters. The predicted molar refractivity (Wildman–Crippen MR) is 92.3 cm³/mol. The van der Waals surface area contributed by atoms with E-state index in [9.17, 15) is 4.79 Å². The monoisotopic (exact) mass is 322 g/mol. The van der Waals surface area contributed by atoms with Crippen LogP contribution in [0.15, 0.2) is 30.3 Å². The van der Waals surface area contributed by atoms with Crippen molar-refractivity contribution < 1.29 is 4.79 Å². The van der Waals surface area contributed by atoms with Crippen LogP contribution in [0, 0.1) is 11.8 Å². The van der Waals surface area contributed by atoms with Gasteiger partial charge in [-0.2, -0.15) is 0 Å². The van der Waals surface area contributed by atoms with Crippen molar-refractivity contribution in [3.63, 3.8) is 0 Å². The lowest BCUT2D eigenvalue weighted by Crippen LogP contribution is -2.29. The van der Waals surface area contributed by atoms with E-state index in [0.717, 1.165) is 57.8 Å². The smallest absolute Gasteiger partial charge is 0.222 e. The second-order valence-electron chi connectivity index (χ2n) is 6.58. The molecule has 4 heteroatoms. The molecule has 0 bridgehead atoms. The fourth-order valence-corrected chi connectivity index (χ4v) is 3.62. The molecule has 2 unspecified atom stereocenters. The summed E-state index contributed by atoms with van der Waals surface area (Å²) in [7, 11) is 0. The molecule has 122 valence electrons. The average Bonchev–Trinajstić information content (AvgIpc) is 3.17. The molecule has 0 saturated carbocycles. The minimum atomic E-state index is 0. The molecule has 0 radical (unpaired) electrons. The minimum Gasteiger partial charge on any atom is -0.342 e. The Balaban J connectivity index is 0.00000176. The highest BCUT2D eigenvalue weighted by Crippen LogP contribution is 2.23. The largest absolute Gasteiger partial charge is 0.342 e. The standard InChI is InChI=1S/C18H26N2O.ClH/c21-18(7-6-16-8-10-19-13-16)20-11-9-17(14-20)12-15-4-2-1-3-5-15;/h1-5,16-17,19H,6-14H2;1H. The molecule has 0 aromatic heterocycles. The Bertz CT molecular complexity index is 459. The van der Waals surface area contributed by atoms with Crippen molar-refractivity contribution in [3.8, 4) is 0 Å². The molecule has 0 spiro atoms. The first-order valence-corrected chi connectivity index (χ1v) is 8.33. The van der Waals surface area contributed by atoms with Crippen molar-refractivity contribution in [3.05, 3.63) is 35.9 Å². The van der Waals surface area contributed by atoms with Gasteiger partial charge < -0.3 is 10.2 Å². The van der Waals surface area contributed by atoms with Crippen molar-refractivity contribution in [2.24, 2.45) is 11.8 Å². The van der Waals surface area contributed by atoms with Gasteiger partial charge in [-0.3, -0.25) is 4.79 Å². The van der Waals surface area contributed by atoms with E-state index in [4.69, 9.17) is 0 Å². The lowest BCUT2D eigenvalue weighted by Gasteiger charge is -2.17. The van der Waals surface area contributed by atoms with E-state index in [1.54, 1.807) is 0 Å². The Labute approximate surface area is 139 Å². The fourth-order valence-electron chi connectivity index (χ4n) is 3.62. The SMILES string of the molecule is Cl.O=C(CCC1CCNC1)N1CCC(Cc2ccccc2)C1. The number of hydrogen-bond acceptors (Lipinski definition) is 2. The maximum Gasteiger partial charge on any atom is 0.222 e. The third kappa shape index (κ3) is 4.72. The Morgan fingerprint density at radius 1 is 1.18 bits per heavy atom. The number of carbonyl (C=O) groups excluding carboxylic acids is 1. The van der Waals surface area contributed by atoms with Gasteiger partial charge in [0, 0.05) is 19.5 Å². The summed E-state index contributed by atoms with van der Waals surface area (Å²) in [5.74, 6) is 1.73. The maximum atomic E-state index is 12.3. The lowest BCUT2D eigenvalue weighted by molar-refractivity contribution is -0.130. The van der Waals surface area contributed by atoms with Gasteiger partial charge >= 0.3 is 0 Å². The topological polar surface area (TPSA) is 32.3 Å². The molecule has 1 N–H and O–H groups in total. The Kier molecular flexibility index (Phi) is 6.71. The zero-order valence-corrected chi connectivity index (χ0v) is 14.0. The highest BCUT2D eigenvalue weighted by molar-refractivity contribution is 5.85. The van der Waals surface area contributed by atoms with Crippen molar-refractivity contribution in [2.45, 2.75) is 32.1 Å². The van der Waals surface area contributed by atoms with Crippen LogP contribution in [0.2, 0.25) is 0 Å². The summed E-state index contributed by atoms with van der Waals surface area (Å²) in [5, 5.41) is 3.38. The number of halogens is 1. The van der Waals surface area contributed by atoms with Gasteiger partial charge in [-0.05, 0) is 56.2 Å². The minimum absolute atomic E-state index is 0. The number of rotatable bonds is 5. The van der Waals surface area contributed by atoms with E-state index < -0.39 is 0 Å². The molecular weight excluding hydrogens is 296 g/mol. The zero-order valence-electron chi connectivity index (χ0n) is 13.2. The Hall–Kier alpha value is -1.06. The quantitative estimate of drug-likeness (QED) is 0.904. The molecule has 2 fully saturated rings. The number of nitrogens with zero attached hydrogens (tertiary/aromatic N) is 1. The summed E-state index contributed by atoms with van der Waals surface area (Å²) in [6, 6.07) is 10.6. The molecular formula is C18H27ClN2O. The van der Waals surface area contributed by atoms with Gasteiger partial charge in [0.05, 0.1) is 0 Å². The number of benzene rings is 1. The maximum absolute atomic E-state index is 12.3. The van der Waals surface area contributed by atoms with Crippen molar-refractivity contribution in [1.82, 2.24) is 10.2 Å². The molecule has 1 aromatic carbocycles. The van der Waals surface area contributed by atoms with Gasteiger partial charge in [-0.15, -0.1) is 12.4 Å². The van der Waals surface area contributed by atoms with E-state index in [1.807, 2.05) is 0 Å². The van der Waals surface area contributed by atoms with Gasteiger partial charge in [-0.25, -0.2) is 0 Å². The normalized spacial score (nSPS) is 24.3. The average molecular weight is 323 g/mol. The zero-order chi connectivity index (χ0) is 14.5. The molecule has 3 rings (SSSR count). The summed E-state index contributed by atoms with van der Waals surface area (Å²) in [6.07, 6.45) is 5.31. The van der Waals surface area contributed by atoms with Crippen LogP contribution in [-0.2, 0) is 11.2 Å². The van der Waals surface area contributed by atoms with Crippen molar-refractivity contribution >= 4 is 18.3 Å². The Morgan fingerprint density at radius 3 is 2.73 bits per heavy atom. The van der Waals surface area contributed by atoms with Crippen molar-refractivity contribution in [2.75, 3.05) is 26.2 Å². The van der Waals surface area contributed by atoms with Gasteiger partial charge in [0.25, 0.3) is 0 Å². The van der Waals surface area contributed by atoms with Gasteiger partial charge in [0.15, 0.2) is 0 Å². The fraction of sp³-hybridized carbons (Fsp3) is 0.611. The molecule has 0 aliphatic carbocycles. The van der Waals surface area contributed by atoms with Crippen LogP contribution in [0.3, 0.4) is 0 Å². The summed E-state index contributed by atoms with van der Waals surface area (Å²) in [5.41, 5.74) is 1.40. The van der Waals surface area contributed by atoms with Crippen LogP contribution in [0.25, 0.3) is 0 Å². The van der Waals surface area contributed by atoms with Crippen LogP contribution in [0.1, 0.15) is 31.2 Å². The predicted octanol–water partition coefficient (Wildman–Crippen LogP) is 2.89. The number of likely N-dealkylation sites (tertiary alicyclic amines) is 1. The first-order valence-electron chi connectivity index (χ1n) is 8.33. The van der Waals surface area contributed by atoms with Crippen LogP contribution in [0.5, 0.6) is 0 Å². The van der Waals surface area contributed by atoms with E-state index >= 15 is 0 Å². The highest BCUT2D eigenvalue weighted by Gasteiger charge is 2.26. The molecule has 2 heterocycles. The van der Waals surface area contributed by atoms with Crippen molar-refractivity contribution in [1.29, 1.82) is 0 Å². The molecule has 2 saturated heterocycles. The van der Waals surface area contributed by atoms with Crippen LogP contribution >= 0.6 is 12.4 Å². The van der Waals surface area contributed by atoms with E-state index in [-0.39, 0.29) is 12.4 Å². The second-order valence-corrected chi connectivity index (χ2v) is 6.58. The molecule has 22 heavy (non-hydrogen) atoms.